The first-order valence-electron chi connectivity index (χ1n) is 5.60. The van der Waals surface area contributed by atoms with Gasteiger partial charge in [-0.25, -0.2) is 0 Å². The van der Waals surface area contributed by atoms with Gasteiger partial charge in [0.25, 0.3) is 0 Å². The summed E-state index contributed by atoms with van der Waals surface area (Å²) in [5.41, 5.74) is 4.00. The second kappa shape index (κ2) is 5.59. The standard InChI is InChI=1S/C14H15IO2S/c1-8-4-5-11(14(17-3)9(8)2)13(16)10-6-12(15)18-7-10/h4-7,13,16H,1-3H3. The maximum absolute atomic E-state index is 10.5. The minimum atomic E-state index is -0.626. The van der Waals surface area contributed by atoms with Crippen molar-refractivity contribution >= 4 is 33.9 Å². The van der Waals surface area contributed by atoms with Gasteiger partial charge in [0.05, 0.1) is 9.99 Å². The molecule has 2 aromatic rings. The molecule has 0 saturated heterocycles. The summed E-state index contributed by atoms with van der Waals surface area (Å²) in [4.78, 5) is 0. The van der Waals surface area contributed by atoms with Crippen molar-refractivity contribution < 1.29 is 9.84 Å². The molecular weight excluding hydrogens is 359 g/mol. The minimum absolute atomic E-state index is 0.626. The van der Waals surface area contributed by atoms with Gasteiger partial charge in [0.1, 0.15) is 11.9 Å². The van der Waals surface area contributed by atoms with E-state index < -0.39 is 6.10 Å². The van der Waals surface area contributed by atoms with Gasteiger partial charge in [-0.05, 0) is 64.6 Å². The molecule has 0 fully saturated rings. The Bertz CT molecular complexity index is 563. The van der Waals surface area contributed by atoms with E-state index in [9.17, 15) is 5.11 Å². The van der Waals surface area contributed by atoms with Crippen molar-refractivity contribution in [2.75, 3.05) is 7.11 Å². The van der Waals surface area contributed by atoms with E-state index in [1.165, 1.54) is 8.45 Å². The molecule has 0 spiro atoms. The summed E-state index contributed by atoms with van der Waals surface area (Å²) in [5, 5.41) is 12.4. The van der Waals surface area contributed by atoms with Gasteiger partial charge in [0.15, 0.2) is 0 Å². The highest BCUT2D eigenvalue weighted by molar-refractivity contribution is 14.1. The molecule has 1 atom stereocenters. The van der Waals surface area contributed by atoms with Crippen LogP contribution in [0.3, 0.4) is 0 Å². The van der Waals surface area contributed by atoms with Gasteiger partial charge >= 0.3 is 0 Å². The fourth-order valence-electron chi connectivity index (χ4n) is 1.94. The lowest BCUT2D eigenvalue weighted by Gasteiger charge is -2.17. The molecule has 0 aliphatic rings. The van der Waals surface area contributed by atoms with Gasteiger partial charge in [0.2, 0.25) is 0 Å². The Labute approximate surface area is 125 Å². The quantitative estimate of drug-likeness (QED) is 0.822. The lowest BCUT2D eigenvalue weighted by Crippen LogP contribution is -2.03. The highest BCUT2D eigenvalue weighted by Gasteiger charge is 2.18. The van der Waals surface area contributed by atoms with Gasteiger partial charge in [-0.2, -0.15) is 0 Å². The van der Waals surface area contributed by atoms with Crippen molar-refractivity contribution in [1.29, 1.82) is 0 Å². The van der Waals surface area contributed by atoms with Crippen LogP contribution in [-0.4, -0.2) is 12.2 Å². The number of ether oxygens (including phenoxy) is 1. The summed E-state index contributed by atoms with van der Waals surface area (Å²) >= 11 is 3.89. The fourth-order valence-corrected chi connectivity index (χ4v) is 3.33. The number of aryl methyl sites for hydroxylation is 1. The maximum atomic E-state index is 10.5. The number of aliphatic hydroxyl groups excluding tert-OH is 1. The van der Waals surface area contributed by atoms with E-state index in [0.717, 1.165) is 22.4 Å². The van der Waals surface area contributed by atoms with E-state index in [2.05, 4.69) is 22.6 Å². The smallest absolute Gasteiger partial charge is 0.128 e. The minimum Gasteiger partial charge on any atom is -0.496 e. The fraction of sp³-hybridized carbons (Fsp3) is 0.286. The molecule has 1 aromatic heterocycles. The molecule has 2 nitrogen and oxygen atoms in total. The zero-order valence-electron chi connectivity index (χ0n) is 10.5. The summed E-state index contributed by atoms with van der Waals surface area (Å²) in [6.45, 7) is 4.06. The lowest BCUT2D eigenvalue weighted by molar-refractivity contribution is 0.215. The molecule has 1 N–H and O–H groups in total. The van der Waals surface area contributed by atoms with Crippen molar-refractivity contribution in [1.82, 2.24) is 0 Å². The molecule has 1 unspecified atom stereocenters. The molecule has 96 valence electrons. The predicted octanol–water partition coefficient (Wildman–Crippen LogP) is 4.06. The van der Waals surface area contributed by atoms with Gasteiger partial charge in [-0.15, -0.1) is 11.3 Å². The zero-order valence-corrected chi connectivity index (χ0v) is 13.5. The molecule has 0 aliphatic heterocycles. The summed E-state index contributed by atoms with van der Waals surface area (Å²) in [7, 11) is 1.65. The van der Waals surface area contributed by atoms with Gasteiger partial charge in [-0.1, -0.05) is 12.1 Å². The van der Waals surface area contributed by atoms with Gasteiger partial charge < -0.3 is 9.84 Å². The number of methoxy groups -OCH3 is 1. The van der Waals surface area contributed by atoms with Crippen LogP contribution in [0.4, 0.5) is 0 Å². The van der Waals surface area contributed by atoms with Crippen molar-refractivity contribution in [3.8, 4) is 5.75 Å². The second-order valence-electron chi connectivity index (χ2n) is 4.22. The van der Waals surface area contributed by atoms with Crippen molar-refractivity contribution in [2.24, 2.45) is 0 Å². The summed E-state index contributed by atoms with van der Waals surface area (Å²) in [6.07, 6.45) is -0.626. The first-order chi connectivity index (χ1) is 8.54. The molecular formula is C14H15IO2S. The van der Waals surface area contributed by atoms with Crippen molar-refractivity contribution in [3.05, 3.63) is 48.7 Å². The molecule has 0 radical (unpaired) electrons. The van der Waals surface area contributed by atoms with Crippen molar-refractivity contribution in [3.63, 3.8) is 0 Å². The molecule has 18 heavy (non-hydrogen) atoms. The van der Waals surface area contributed by atoms with Crippen LogP contribution in [-0.2, 0) is 0 Å². The van der Waals surface area contributed by atoms with Crippen LogP contribution in [0.1, 0.15) is 28.4 Å². The monoisotopic (exact) mass is 374 g/mol. The van der Waals surface area contributed by atoms with Gasteiger partial charge in [-0.3, -0.25) is 0 Å². The Morgan fingerprint density at radius 3 is 2.61 bits per heavy atom. The second-order valence-corrected chi connectivity index (χ2v) is 7.02. The highest BCUT2D eigenvalue weighted by Crippen LogP contribution is 2.35. The van der Waals surface area contributed by atoms with Gasteiger partial charge in [0, 0.05) is 5.56 Å². The molecule has 0 saturated carbocycles. The van der Waals surface area contributed by atoms with Crippen LogP contribution in [0.5, 0.6) is 5.75 Å². The van der Waals surface area contributed by atoms with E-state index >= 15 is 0 Å². The third kappa shape index (κ3) is 2.55. The van der Waals surface area contributed by atoms with Crippen LogP contribution in [0.15, 0.2) is 23.6 Å². The molecule has 4 heteroatoms. The Kier molecular flexibility index (Phi) is 4.29. The summed E-state index contributed by atoms with van der Waals surface area (Å²) in [5.74, 6) is 0.781. The number of benzene rings is 1. The van der Waals surface area contributed by atoms with Crippen LogP contribution in [0, 0.1) is 16.7 Å². The average Bonchev–Trinajstić information content (AvgIpc) is 2.78. The van der Waals surface area contributed by atoms with E-state index in [1.54, 1.807) is 18.4 Å². The van der Waals surface area contributed by atoms with Crippen LogP contribution >= 0.6 is 33.9 Å². The molecule has 1 aromatic carbocycles. The third-order valence-corrected chi connectivity index (χ3v) is 4.92. The highest BCUT2D eigenvalue weighted by atomic mass is 127. The summed E-state index contributed by atoms with van der Waals surface area (Å²) in [6, 6.07) is 5.97. The Balaban J connectivity index is 2.48. The van der Waals surface area contributed by atoms with E-state index in [-0.39, 0.29) is 0 Å². The first kappa shape index (κ1) is 13.8. The SMILES string of the molecule is COc1c(C(O)c2csc(I)c2)ccc(C)c1C. The van der Waals surface area contributed by atoms with Crippen LogP contribution in [0.25, 0.3) is 0 Å². The van der Waals surface area contributed by atoms with Crippen molar-refractivity contribution in [2.45, 2.75) is 20.0 Å². The number of aliphatic hydroxyl groups is 1. The van der Waals surface area contributed by atoms with E-state index in [1.807, 2.05) is 37.4 Å². The van der Waals surface area contributed by atoms with E-state index in [0.29, 0.717) is 0 Å². The van der Waals surface area contributed by atoms with E-state index in [4.69, 9.17) is 4.74 Å². The number of thiophene rings is 1. The molecule has 1 heterocycles. The zero-order chi connectivity index (χ0) is 13.3. The molecule has 0 aliphatic carbocycles. The predicted molar refractivity (Wildman–Crippen MR) is 83.6 cm³/mol. The molecule has 2 rings (SSSR count). The first-order valence-corrected chi connectivity index (χ1v) is 7.56. The number of hydrogen-bond donors (Lipinski definition) is 1. The average molecular weight is 374 g/mol. The lowest BCUT2D eigenvalue weighted by atomic mass is 9.98. The summed E-state index contributed by atoms with van der Waals surface area (Å²) < 4.78 is 6.62. The van der Waals surface area contributed by atoms with Crippen LogP contribution < -0.4 is 4.74 Å². The number of halogens is 1. The topological polar surface area (TPSA) is 29.5 Å². The largest absolute Gasteiger partial charge is 0.496 e. The maximum Gasteiger partial charge on any atom is 0.128 e. The normalized spacial score (nSPS) is 12.5. The Hall–Kier alpha value is -0.590. The molecule has 0 amide bonds. The number of hydrogen-bond acceptors (Lipinski definition) is 3. The number of rotatable bonds is 3. The Morgan fingerprint density at radius 2 is 2.06 bits per heavy atom. The van der Waals surface area contributed by atoms with Crippen LogP contribution in [0.2, 0.25) is 0 Å². The molecule has 0 bridgehead atoms. The Morgan fingerprint density at radius 1 is 1.33 bits per heavy atom. The third-order valence-electron chi connectivity index (χ3n) is 3.11.